The van der Waals surface area contributed by atoms with Crippen molar-refractivity contribution in [3.8, 4) is 5.75 Å². The summed E-state index contributed by atoms with van der Waals surface area (Å²) < 4.78 is 5.59. The van der Waals surface area contributed by atoms with Crippen LogP contribution in [0.25, 0.3) is 0 Å². The molecule has 0 aromatic heterocycles. The van der Waals surface area contributed by atoms with Crippen LogP contribution in [0.2, 0.25) is 0 Å². The van der Waals surface area contributed by atoms with Gasteiger partial charge in [0.15, 0.2) is 6.61 Å². The average Bonchev–Trinajstić information content (AvgIpc) is 2.65. The molecule has 1 aliphatic heterocycles. The van der Waals surface area contributed by atoms with Crippen LogP contribution in [0, 0.1) is 13.8 Å². The molecule has 0 unspecified atom stereocenters. The van der Waals surface area contributed by atoms with Crippen molar-refractivity contribution in [2.45, 2.75) is 52.9 Å². The number of nitrogens with zero attached hydrogens (tertiary/aromatic N) is 1. The van der Waals surface area contributed by atoms with Crippen molar-refractivity contribution in [2.75, 3.05) is 23.4 Å². The molecule has 0 atom stereocenters. The standard InChI is InChI=1S/C24H30N2O3/c1-16-8-10-19(13-17(16)2)25-22(27)7-6-12-26-20-14-18(24(3,4)5)9-11-21(20)29-15-23(26)28/h8-11,13-14H,6-7,12,15H2,1-5H3,(H,25,27). The van der Waals surface area contributed by atoms with Crippen LogP contribution in [-0.4, -0.2) is 25.0 Å². The lowest BCUT2D eigenvalue weighted by Crippen LogP contribution is -2.39. The maximum absolute atomic E-state index is 12.5. The number of fused-ring (bicyclic) bond motifs is 1. The van der Waals surface area contributed by atoms with E-state index in [1.165, 1.54) is 5.56 Å². The van der Waals surface area contributed by atoms with Crippen molar-refractivity contribution >= 4 is 23.2 Å². The Kier molecular flexibility index (Phi) is 5.96. The first-order chi connectivity index (χ1) is 13.6. The lowest BCUT2D eigenvalue weighted by atomic mass is 9.86. The van der Waals surface area contributed by atoms with Crippen LogP contribution in [0.5, 0.6) is 5.75 Å². The summed E-state index contributed by atoms with van der Waals surface area (Å²) in [5.74, 6) is 0.605. The Morgan fingerprint density at radius 3 is 2.55 bits per heavy atom. The molecule has 29 heavy (non-hydrogen) atoms. The second-order valence-electron chi connectivity index (χ2n) is 8.72. The molecule has 0 saturated heterocycles. The molecule has 2 amide bonds. The smallest absolute Gasteiger partial charge is 0.265 e. The van der Waals surface area contributed by atoms with Gasteiger partial charge in [-0.25, -0.2) is 0 Å². The summed E-state index contributed by atoms with van der Waals surface area (Å²) in [5, 5.41) is 2.94. The minimum Gasteiger partial charge on any atom is -0.482 e. The molecular weight excluding hydrogens is 364 g/mol. The number of carbonyl (C=O) groups excluding carboxylic acids is 2. The highest BCUT2D eigenvalue weighted by Gasteiger charge is 2.27. The Bertz CT molecular complexity index is 928. The number of nitrogens with one attached hydrogen (secondary N) is 1. The third-order valence-corrected chi connectivity index (χ3v) is 5.34. The van der Waals surface area contributed by atoms with E-state index in [9.17, 15) is 9.59 Å². The van der Waals surface area contributed by atoms with Crippen molar-refractivity contribution < 1.29 is 14.3 Å². The summed E-state index contributed by atoms with van der Waals surface area (Å²) in [6.45, 7) is 11.0. The molecule has 0 fully saturated rings. The van der Waals surface area contributed by atoms with E-state index >= 15 is 0 Å². The fourth-order valence-corrected chi connectivity index (χ4v) is 3.35. The van der Waals surface area contributed by atoms with Crippen LogP contribution in [0.3, 0.4) is 0 Å². The number of anilines is 2. The predicted octanol–water partition coefficient (Wildman–Crippen LogP) is 4.75. The number of hydrogen-bond donors (Lipinski definition) is 1. The SMILES string of the molecule is Cc1ccc(NC(=O)CCCN2C(=O)COc3ccc(C(C)(C)C)cc32)cc1C. The first-order valence-corrected chi connectivity index (χ1v) is 10.1. The van der Waals surface area contributed by atoms with E-state index in [0.717, 1.165) is 28.3 Å². The highest BCUT2D eigenvalue weighted by molar-refractivity contribution is 5.98. The van der Waals surface area contributed by atoms with E-state index in [2.05, 4.69) is 26.1 Å². The minimum absolute atomic E-state index is 0.0206. The van der Waals surface area contributed by atoms with E-state index in [-0.39, 0.29) is 23.8 Å². The molecule has 0 saturated carbocycles. The van der Waals surface area contributed by atoms with Gasteiger partial charge in [-0.1, -0.05) is 32.9 Å². The Morgan fingerprint density at radius 2 is 1.86 bits per heavy atom. The van der Waals surface area contributed by atoms with Crippen LogP contribution < -0.4 is 15.0 Å². The first kappa shape index (κ1) is 20.9. The molecule has 3 rings (SSSR count). The molecule has 0 bridgehead atoms. The van der Waals surface area contributed by atoms with E-state index in [4.69, 9.17) is 4.74 Å². The highest BCUT2D eigenvalue weighted by atomic mass is 16.5. The van der Waals surface area contributed by atoms with Gasteiger partial charge >= 0.3 is 0 Å². The highest BCUT2D eigenvalue weighted by Crippen LogP contribution is 2.36. The van der Waals surface area contributed by atoms with Gasteiger partial charge in [-0.05, 0) is 66.6 Å². The Balaban J connectivity index is 1.64. The lowest BCUT2D eigenvalue weighted by molar-refractivity contribution is -0.121. The number of carbonyl (C=O) groups is 2. The largest absolute Gasteiger partial charge is 0.482 e. The summed E-state index contributed by atoms with van der Waals surface area (Å²) in [6, 6.07) is 11.9. The molecule has 0 spiro atoms. The Morgan fingerprint density at radius 1 is 1.10 bits per heavy atom. The van der Waals surface area contributed by atoms with Gasteiger partial charge in [-0.15, -0.1) is 0 Å². The zero-order valence-electron chi connectivity index (χ0n) is 18.0. The average molecular weight is 395 g/mol. The molecule has 1 N–H and O–H groups in total. The van der Waals surface area contributed by atoms with Gasteiger partial charge in [-0.2, -0.15) is 0 Å². The van der Waals surface area contributed by atoms with Gasteiger partial charge in [-0.3, -0.25) is 9.59 Å². The maximum Gasteiger partial charge on any atom is 0.265 e. The molecule has 1 heterocycles. The zero-order chi connectivity index (χ0) is 21.2. The summed E-state index contributed by atoms with van der Waals surface area (Å²) in [5.41, 5.74) is 5.07. The molecule has 5 heteroatoms. The Hall–Kier alpha value is -2.82. The van der Waals surface area contributed by atoms with E-state index in [1.54, 1.807) is 4.90 Å². The number of ether oxygens (including phenoxy) is 1. The first-order valence-electron chi connectivity index (χ1n) is 10.1. The quantitative estimate of drug-likeness (QED) is 0.796. The minimum atomic E-state index is -0.0712. The fourth-order valence-electron chi connectivity index (χ4n) is 3.35. The third kappa shape index (κ3) is 4.97. The third-order valence-electron chi connectivity index (χ3n) is 5.34. The number of rotatable bonds is 5. The van der Waals surface area contributed by atoms with Crippen LogP contribution >= 0.6 is 0 Å². The van der Waals surface area contributed by atoms with Crippen molar-refractivity contribution in [3.63, 3.8) is 0 Å². The lowest BCUT2D eigenvalue weighted by Gasteiger charge is -2.31. The van der Waals surface area contributed by atoms with Gasteiger partial charge < -0.3 is 15.0 Å². The van der Waals surface area contributed by atoms with Crippen molar-refractivity contribution in [1.82, 2.24) is 0 Å². The Labute approximate surface area is 173 Å². The second-order valence-corrected chi connectivity index (χ2v) is 8.72. The van der Waals surface area contributed by atoms with Gasteiger partial charge in [0.05, 0.1) is 5.69 Å². The fraction of sp³-hybridized carbons (Fsp3) is 0.417. The molecule has 2 aromatic rings. The van der Waals surface area contributed by atoms with E-state index in [0.29, 0.717) is 19.4 Å². The van der Waals surface area contributed by atoms with Crippen molar-refractivity contribution in [3.05, 3.63) is 53.1 Å². The normalized spacial score (nSPS) is 13.7. The van der Waals surface area contributed by atoms with Crippen LogP contribution in [0.4, 0.5) is 11.4 Å². The number of aryl methyl sites for hydroxylation is 2. The van der Waals surface area contributed by atoms with Gasteiger partial charge in [0, 0.05) is 18.7 Å². The van der Waals surface area contributed by atoms with Crippen LogP contribution in [-0.2, 0) is 15.0 Å². The summed E-state index contributed by atoms with van der Waals surface area (Å²) in [4.78, 5) is 26.5. The van der Waals surface area contributed by atoms with E-state index < -0.39 is 0 Å². The maximum atomic E-state index is 12.5. The number of amides is 2. The number of benzene rings is 2. The molecule has 0 radical (unpaired) electrons. The van der Waals surface area contributed by atoms with Gasteiger partial charge in [0.25, 0.3) is 5.91 Å². The molecule has 0 aliphatic carbocycles. The number of hydrogen-bond acceptors (Lipinski definition) is 3. The predicted molar refractivity (Wildman–Crippen MR) is 117 cm³/mol. The summed E-state index contributed by atoms with van der Waals surface area (Å²) in [6.07, 6.45) is 0.938. The van der Waals surface area contributed by atoms with Crippen molar-refractivity contribution in [2.24, 2.45) is 0 Å². The van der Waals surface area contributed by atoms with Gasteiger partial charge in [0.2, 0.25) is 5.91 Å². The van der Waals surface area contributed by atoms with Crippen LogP contribution in [0.1, 0.15) is 50.3 Å². The van der Waals surface area contributed by atoms with Crippen LogP contribution in [0.15, 0.2) is 36.4 Å². The molecule has 2 aromatic carbocycles. The second kappa shape index (κ2) is 8.27. The molecule has 5 nitrogen and oxygen atoms in total. The summed E-state index contributed by atoms with van der Waals surface area (Å²) in [7, 11) is 0. The van der Waals surface area contributed by atoms with Crippen molar-refractivity contribution in [1.29, 1.82) is 0 Å². The molecular formula is C24H30N2O3. The topological polar surface area (TPSA) is 58.6 Å². The molecule has 154 valence electrons. The van der Waals surface area contributed by atoms with Gasteiger partial charge in [0.1, 0.15) is 5.75 Å². The monoisotopic (exact) mass is 394 g/mol. The zero-order valence-corrected chi connectivity index (χ0v) is 18.0. The molecule has 1 aliphatic rings. The summed E-state index contributed by atoms with van der Waals surface area (Å²) >= 11 is 0. The van der Waals surface area contributed by atoms with E-state index in [1.807, 2.05) is 50.2 Å².